The maximum Gasteiger partial charge on any atom is 0.222 e. The van der Waals surface area contributed by atoms with Crippen LogP contribution in [0.3, 0.4) is 0 Å². The molecule has 1 saturated heterocycles. The minimum atomic E-state index is 0.239. The predicted octanol–water partition coefficient (Wildman–Crippen LogP) is 1.91. The van der Waals surface area contributed by atoms with Gasteiger partial charge in [0.25, 0.3) is 0 Å². The quantitative estimate of drug-likeness (QED) is 0.642. The monoisotopic (exact) mass is 262 g/mol. The van der Waals surface area contributed by atoms with Crippen molar-refractivity contribution in [1.29, 1.82) is 0 Å². The van der Waals surface area contributed by atoms with E-state index in [4.69, 9.17) is 5.84 Å². The van der Waals surface area contributed by atoms with Crippen molar-refractivity contribution in [1.82, 2.24) is 9.88 Å². The molecule has 1 aliphatic rings. The SMILES string of the molecule is CCC1CCC(=O)N(Cc2cccnc2NN)CC1. The van der Waals surface area contributed by atoms with E-state index in [0.29, 0.717) is 24.7 Å². The van der Waals surface area contributed by atoms with Crippen molar-refractivity contribution in [2.45, 2.75) is 39.2 Å². The summed E-state index contributed by atoms with van der Waals surface area (Å²) in [6.07, 6.45) is 5.61. The molecule has 0 saturated carbocycles. The number of aromatic nitrogens is 1. The maximum atomic E-state index is 12.1. The highest BCUT2D eigenvalue weighted by Gasteiger charge is 2.22. The Morgan fingerprint density at radius 1 is 1.53 bits per heavy atom. The van der Waals surface area contributed by atoms with Gasteiger partial charge in [0, 0.05) is 31.3 Å². The average molecular weight is 262 g/mol. The summed E-state index contributed by atoms with van der Waals surface area (Å²) in [4.78, 5) is 18.2. The lowest BCUT2D eigenvalue weighted by Gasteiger charge is -2.21. The second kappa shape index (κ2) is 6.52. The first-order valence-corrected chi connectivity index (χ1v) is 6.92. The van der Waals surface area contributed by atoms with E-state index < -0.39 is 0 Å². The molecule has 2 heterocycles. The van der Waals surface area contributed by atoms with Crippen LogP contribution >= 0.6 is 0 Å². The molecule has 5 heteroatoms. The summed E-state index contributed by atoms with van der Waals surface area (Å²) >= 11 is 0. The number of nitrogens with two attached hydrogens (primary N) is 1. The first-order chi connectivity index (χ1) is 9.24. The van der Waals surface area contributed by atoms with E-state index in [1.165, 1.54) is 0 Å². The van der Waals surface area contributed by atoms with Crippen LogP contribution < -0.4 is 11.3 Å². The lowest BCUT2D eigenvalue weighted by molar-refractivity contribution is -0.131. The van der Waals surface area contributed by atoms with Crippen molar-refractivity contribution in [3.8, 4) is 0 Å². The van der Waals surface area contributed by atoms with Crippen LogP contribution in [0.2, 0.25) is 0 Å². The molecule has 104 valence electrons. The summed E-state index contributed by atoms with van der Waals surface area (Å²) in [5, 5.41) is 0. The molecular formula is C14H22N4O. The van der Waals surface area contributed by atoms with Gasteiger partial charge in [-0.15, -0.1) is 0 Å². The highest BCUT2D eigenvalue weighted by molar-refractivity contribution is 5.76. The number of carbonyl (C=O) groups is 1. The molecule has 3 N–H and O–H groups in total. The zero-order valence-electron chi connectivity index (χ0n) is 11.4. The van der Waals surface area contributed by atoms with E-state index in [-0.39, 0.29) is 5.91 Å². The number of pyridine rings is 1. The minimum Gasteiger partial charge on any atom is -0.338 e. The van der Waals surface area contributed by atoms with Crippen molar-refractivity contribution >= 4 is 11.7 Å². The van der Waals surface area contributed by atoms with Crippen molar-refractivity contribution in [2.75, 3.05) is 12.0 Å². The normalized spacial score (nSPS) is 20.2. The highest BCUT2D eigenvalue weighted by atomic mass is 16.2. The Hall–Kier alpha value is -1.62. The Morgan fingerprint density at radius 2 is 2.37 bits per heavy atom. The fraction of sp³-hybridized carbons (Fsp3) is 0.571. The Balaban J connectivity index is 2.07. The molecule has 1 aromatic heterocycles. The van der Waals surface area contributed by atoms with Crippen LogP contribution in [0.5, 0.6) is 0 Å². The lowest BCUT2D eigenvalue weighted by Crippen LogP contribution is -2.30. The van der Waals surface area contributed by atoms with E-state index in [1.807, 2.05) is 17.0 Å². The minimum absolute atomic E-state index is 0.239. The summed E-state index contributed by atoms with van der Waals surface area (Å²) in [5.74, 6) is 7.01. The van der Waals surface area contributed by atoms with Crippen LogP contribution in [0, 0.1) is 5.92 Å². The zero-order chi connectivity index (χ0) is 13.7. The van der Waals surface area contributed by atoms with Crippen LogP contribution in [-0.2, 0) is 11.3 Å². The van der Waals surface area contributed by atoms with Gasteiger partial charge in [0.15, 0.2) is 0 Å². The zero-order valence-corrected chi connectivity index (χ0v) is 11.4. The number of likely N-dealkylation sites (tertiary alicyclic amines) is 1. The molecule has 5 nitrogen and oxygen atoms in total. The lowest BCUT2D eigenvalue weighted by atomic mass is 9.98. The number of nitrogens with one attached hydrogen (secondary N) is 1. The molecule has 1 unspecified atom stereocenters. The molecule has 0 spiro atoms. The number of anilines is 1. The number of hydrazine groups is 1. The number of hydrogen-bond donors (Lipinski definition) is 2. The number of rotatable bonds is 4. The van der Waals surface area contributed by atoms with Gasteiger partial charge in [0.05, 0.1) is 0 Å². The molecule has 1 aliphatic heterocycles. The van der Waals surface area contributed by atoms with Gasteiger partial charge in [-0.1, -0.05) is 19.4 Å². The van der Waals surface area contributed by atoms with Crippen LogP contribution in [0.4, 0.5) is 5.82 Å². The Kier molecular flexibility index (Phi) is 4.74. The summed E-state index contributed by atoms with van der Waals surface area (Å²) in [6.45, 7) is 3.61. The molecule has 19 heavy (non-hydrogen) atoms. The fourth-order valence-electron chi connectivity index (χ4n) is 2.57. The van der Waals surface area contributed by atoms with E-state index in [2.05, 4.69) is 17.3 Å². The number of nitrogens with zero attached hydrogens (tertiary/aromatic N) is 2. The molecule has 2 rings (SSSR count). The molecular weight excluding hydrogens is 240 g/mol. The van der Waals surface area contributed by atoms with Crippen molar-refractivity contribution in [2.24, 2.45) is 11.8 Å². The third-order valence-corrected chi connectivity index (χ3v) is 3.89. The predicted molar refractivity (Wildman–Crippen MR) is 75.1 cm³/mol. The van der Waals surface area contributed by atoms with Gasteiger partial charge in [0.2, 0.25) is 5.91 Å². The van der Waals surface area contributed by atoms with Gasteiger partial charge in [-0.05, 0) is 24.8 Å². The second-order valence-corrected chi connectivity index (χ2v) is 5.07. The number of nitrogen functional groups attached to an aromatic ring is 1. The molecule has 0 aliphatic carbocycles. The molecule has 1 atom stereocenters. The first-order valence-electron chi connectivity index (χ1n) is 6.92. The van der Waals surface area contributed by atoms with Gasteiger partial charge < -0.3 is 10.3 Å². The van der Waals surface area contributed by atoms with Gasteiger partial charge in [-0.2, -0.15) is 0 Å². The maximum absolute atomic E-state index is 12.1. The van der Waals surface area contributed by atoms with Crippen molar-refractivity contribution in [3.05, 3.63) is 23.9 Å². The topological polar surface area (TPSA) is 71.2 Å². The third-order valence-electron chi connectivity index (χ3n) is 3.89. The smallest absolute Gasteiger partial charge is 0.222 e. The van der Waals surface area contributed by atoms with E-state index >= 15 is 0 Å². The van der Waals surface area contributed by atoms with Crippen LogP contribution in [-0.4, -0.2) is 22.3 Å². The summed E-state index contributed by atoms with van der Waals surface area (Å²) in [5.41, 5.74) is 3.55. The average Bonchev–Trinajstić information content (AvgIpc) is 2.62. The Morgan fingerprint density at radius 3 is 3.11 bits per heavy atom. The Labute approximate surface area is 114 Å². The number of hydrogen-bond acceptors (Lipinski definition) is 4. The Bertz CT molecular complexity index is 435. The molecule has 1 aromatic rings. The van der Waals surface area contributed by atoms with Crippen molar-refractivity contribution in [3.63, 3.8) is 0 Å². The van der Waals surface area contributed by atoms with E-state index in [9.17, 15) is 4.79 Å². The molecule has 0 radical (unpaired) electrons. The summed E-state index contributed by atoms with van der Waals surface area (Å²) in [7, 11) is 0. The number of amides is 1. The highest BCUT2D eigenvalue weighted by Crippen LogP contribution is 2.23. The largest absolute Gasteiger partial charge is 0.338 e. The van der Waals surface area contributed by atoms with Gasteiger partial charge in [-0.3, -0.25) is 4.79 Å². The molecule has 0 aromatic carbocycles. The van der Waals surface area contributed by atoms with Crippen LogP contribution in [0.25, 0.3) is 0 Å². The molecule has 0 bridgehead atoms. The van der Waals surface area contributed by atoms with Crippen LogP contribution in [0.15, 0.2) is 18.3 Å². The van der Waals surface area contributed by atoms with E-state index in [0.717, 1.165) is 31.4 Å². The van der Waals surface area contributed by atoms with Gasteiger partial charge >= 0.3 is 0 Å². The van der Waals surface area contributed by atoms with Crippen molar-refractivity contribution < 1.29 is 4.79 Å². The molecule has 1 fully saturated rings. The summed E-state index contributed by atoms with van der Waals surface area (Å²) in [6, 6.07) is 3.82. The third kappa shape index (κ3) is 3.44. The van der Waals surface area contributed by atoms with E-state index in [1.54, 1.807) is 6.20 Å². The standard InChI is InChI=1S/C14H22N4O/c1-2-11-5-6-13(19)18(9-7-11)10-12-4-3-8-16-14(12)17-15/h3-4,8,11H,2,5-7,9-10,15H2,1H3,(H,16,17). The van der Waals surface area contributed by atoms with Gasteiger partial charge in [-0.25, -0.2) is 10.8 Å². The van der Waals surface area contributed by atoms with Gasteiger partial charge in [0.1, 0.15) is 5.82 Å². The first kappa shape index (κ1) is 13.8. The second-order valence-electron chi connectivity index (χ2n) is 5.07. The molecule has 1 amide bonds. The fourth-order valence-corrected chi connectivity index (χ4v) is 2.57. The van der Waals surface area contributed by atoms with Crippen LogP contribution in [0.1, 0.15) is 38.2 Å². The number of carbonyl (C=O) groups excluding carboxylic acids is 1. The summed E-state index contributed by atoms with van der Waals surface area (Å²) < 4.78 is 0.